The molecule has 0 aliphatic carbocycles. The third-order valence-corrected chi connectivity index (χ3v) is 4.46. The molecule has 0 aliphatic heterocycles. The Hall–Kier alpha value is -2.40. The Morgan fingerprint density at radius 1 is 1.08 bits per heavy atom. The van der Waals surface area contributed by atoms with Gasteiger partial charge in [-0.25, -0.2) is 0 Å². The number of halogens is 1. The van der Waals surface area contributed by atoms with Gasteiger partial charge >= 0.3 is 0 Å². The molecule has 128 valence electrons. The van der Waals surface area contributed by atoms with E-state index in [9.17, 15) is 4.79 Å². The molecule has 0 radical (unpaired) electrons. The molecule has 0 atom stereocenters. The minimum atomic E-state index is -0.0785. The highest BCUT2D eigenvalue weighted by Gasteiger charge is 2.07. The second-order valence-corrected chi connectivity index (χ2v) is 7.01. The highest BCUT2D eigenvalue weighted by Crippen LogP contribution is 2.13. The zero-order valence-corrected chi connectivity index (χ0v) is 15.9. The van der Waals surface area contributed by atoms with Crippen molar-refractivity contribution < 1.29 is 4.79 Å². The Morgan fingerprint density at radius 3 is 2.56 bits per heavy atom. The van der Waals surface area contributed by atoms with E-state index in [-0.39, 0.29) is 5.91 Å². The first-order valence-corrected chi connectivity index (χ1v) is 8.93. The number of aryl methyl sites for hydroxylation is 2. The van der Waals surface area contributed by atoms with Crippen LogP contribution in [0.25, 0.3) is 0 Å². The molecule has 0 fully saturated rings. The lowest BCUT2D eigenvalue weighted by Crippen LogP contribution is -2.22. The van der Waals surface area contributed by atoms with Gasteiger partial charge in [-0.05, 0) is 49.2 Å². The van der Waals surface area contributed by atoms with Crippen LogP contribution in [0.3, 0.4) is 0 Å². The van der Waals surface area contributed by atoms with Gasteiger partial charge in [0.05, 0.1) is 12.2 Å². The van der Waals surface area contributed by atoms with Crippen LogP contribution in [-0.2, 0) is 13.1 Å². The Kier molecular flexibility index (Phi) is 5.34. The molecule has 2 aromatic carbocycles. The average molecular weight is 398 g/mol. The molecule has 3 rings (SSSR count). The molecule has 1 heterocycles. The fourth-order valence-corrected chi connectivity index (χ4v) is 3.16. The van der Waals surface area contributed by atoms with Gasteiger partial charge in [-0.15, -0.1) is 0 Å². The number of nitrogens with one attached hydrogen (secondary N) is 1. The first-order chi connectivity index (χ1) is 12.0. The predicted molar refractivity (Wildman–Crippen MR) is 103 cm³/mol. The van der Waals surface area contributed by atoms with Gasteiger partial charge in [0.2, 0.25) is 0 Å². The molecule has 1 N–H and O–H groups in total. The van der Waals surface area contributed by atoms with E-state index in [0.29, 0.717) is 12.1 Å². The molecule has 0 bridgehead atoms. The summed E-state index contributed by atoms with van der Waals surface area (Å²) in [6.07, 6.45) is 0. The smallest absolute Gasteiger partial charge is 0.251 e. The molecule has 3 aromatic rings. The van der Waals surface area contributed by atoms with Crippen molar-refractivity contribution in [2.45, 2.75) is 26.9 Å². The van der Waals surface area contributed by atoms with Crippen LogP contribution in [0.4, 0.5) is 0 Å². The summed E-state index contributed by atoms with van der Waals surface area (Å²) < 4.78 is 2.89. The second kappa shape index (κ2) is 7.66. The molecule has 25 heavy (non-hydrogen) atoms. The van der Waals surface area contributed by atoms with E-state index in [0.717, 1.165) is 28.0 Å². The number of hydrogen-bond acceptors (Lipinski definition) is 2. The summed E-state index contributed by atoms with van der Waals surface area (Å²) in [7, 11) is 0. The Morgan fingerprint density at radius 2 is 1.84 bits per heavy atom. The summed E-state index contributed by atoms with van der Waals surface area (Å²) in [4.78, 5) is 12.2. The number of nitrogens with zero attached hydrogens (tertiary/aromatic N) is 2. The lowest BCUT2D eigenvalue weighted by atomic mass is 10.1. The number of carbonyl (C=O) groups excluding carboxylic acids is 1. The van der Waals surface area contributed by atoms with Crippen LogP contribution >= 0.6 is 15.9 Å². The van der Waals surface area contributed by atoms with E-state index in [1.165, 1.54) is 5.56 Å². The highest BCUT2D eigenvalue weighted by atomic mass is 79.9. The molecule has 1 aromatic heterocycles. The van der Waals surface area contributed by atoms with Crippen molar-refractivity contribution in [3.63, 3.8) is 0 Å². The molecular formula is C20H20BrN3O. The fraction of sp³-hybridized carbons (Fsp3) is 0.200. The third kappa shape index (κ3) is 4.57. The number of carbonyl (C=O) groups is 1. The van der Waals surface area contributed by atoms with Crippen LogP contribution in [0.2, 0.25) is 0 Å². The van der Waals surface area contributed by atoms with Gasteiger partial charge in [-0.3, -0.25) is 9.48 Å². The van der Waals surface area contributed by atoms with Crippen molar-refractivity contribution in [1.29, 1.82) is 0 Å². The van der Waals surface area contributed by atoms with E-state index in [4.69, 9.17) is 0 Å². The maximum absolute atomic E-state index is 12.2. The van der Waals surface area contributed by atoms with E-state index >= 15 is 0 Å². The maximum Gasteiger partial charge on any atom is 0.251 e. The van der Waals surface area contributed by atoms with Crippen LogP contribution in [0, 0.1) is 13.8 Å². The largest absolute Gasteiger partial charge is 0.348 e. The van der Waals surface area contributed by atoms with Crippen molar-refractivity contribution in [2.75, 3.05) is 0 Å². The SMILES string of the molecule is Cc1cc(C)n(Cc2cccc(CNC(=O)c3cccc(Br)c3)c2)n1. The second-order valence-electron chi connectivity index (χ2n) is 6.10. The molecule has 0 spiro atoms. The molecule has 0 unspecified atom stereocenters. The molecule has 0 saturated carbocycles. The topological polar surface area (TPSA) is 46.9 Å². The lowest BCUT2D eigenvalue weighted by Gasteiger charge is -2.09. The lowest BCUT2D eigenvalue weighted by molar-refractivity contribution is 0.0951. The average Bonchev–Trinajstić information content (AvgIpc) is 2.90. The van der Waals surface area contributed by atoms with Crippen LogP contribution in [0.1, 0.15) is 32.9 Å². The molecule has 1 amide bonds. The van der Waals surface area contributed by atoms with Gasteiger partial charge in [-0.1, -0.05) is 46.3 Å². The van der Waals surface area contributed by atoms with E-state index in [2.05, 4.69) is 51.5 Å². The molecule has 0 aliphatic rings. The van der Waals surface area contributed by atoms with E-state index in [1.807, 2.05) is 41.9 Å². The maximum atomic E-state index is 12.2. The first kappa shape index (κ1) is 17.4. The zero-order chi connectivity index (χ0) is 17.8. The Balaban J connectivity index is 1.65. The summed E-state index contributed by atoms with van der Waals surface area (Å²) in [5.74, 6) is -0.0785. The van der Waals surface area contributed by atoms with Crippen LogP contribution in [0.5, 0.6) is 0 Å². The molecule has 0 saturated heterocycles. The van der Waals surface area contributed by atoms with Gasteiger partial charge < -0.3 is 5.32 Å². The van der Waals surface area contributed by atoms with Crippen molar-refractivity contribution in [1.82, 2.24) is 15.1 Å². The zero-order valence-electron chi connectivity index (χ0n) is 14.3. The summed E-state index contributed by atoms with van der Waals surface area (Å²) in [6.45, 7) is 5.28. The number of benzene rings is 2. The van der Waals surface area contributed by atoms with Crippen LogP contribution < -0.4 is 5.32 Å². The van der Waals surface area contributed by atoms with E-state index in [1.54, 1.807) is 6.07 Å². The number of hydrogen-bond donors (Lipinski definition) is 1. The van der Waals surface area contributed by atoms with Crippen LogP contribution in [0.15, 0.2) is 59.1 Å². The number of rotatable bonds is 5. The molecule has 4 nitrogen and oxygen atoms in total. The van der Waals surface area contributed by atoms with Gasteiger partial charge in [0, 0.05) is 22.3 Å². The Bertz CT molecular complexity index is 901. The highest BCUT2D eigenvalue weighted by molar-refractivity contribution is 9.10. The summed E-state index contributed by atoms with van der Waals surface area (Å²) in [5.41, 5.74) is 5.05. The summed E-state index contributed by atoms with van der Waals surface area (Å²) in [6, 6.07) is 17.7. The van der Waals surface area contributed by atoms with Crippen molar-refractivity contribution in [2.24, 2.45) is 0 Å². The first-order valence-electron chi connectivity index (χ1n) is 8.14. The van der Waals surface area contributed by atoms with Crippen LogP contribution in [-0.4, -0.2) is 15.7 Å². The van der Waals surface area contributed by atoms with Gasteiger partial charge in [0.15, 0.2) is 0 Å². The normalized spacial score (nSPS) is 10.7. The monoisotopic (exact) mass is 397 g/mol. The number of amides is 1. The molecule has 5 heteroatoms. The Labute approximate surface area is 156 Å². The van der Waals surface area contributed by atoms with E-state index < -0.39 is 0 Å². The summed E-state index contributed by atoms with van der Waals surface area (Å²) >= 11 is 3.39. The fourth-order valence-electron chi connectivity index (χ4n) is 2.76. The molecular weight excluding hydrogens is 378 g/mol. The minimum absolute atomic E-state index is 0.0785. The van der Waals surface area contributed by atoms with Crippen molar-refractivity contribution >= 4 is 21.8 Å². The minimum Gasteiger partial charge on any atom is -0.348 e. The standard InChI is InChI=1S/C20H20BrN3O/c1-14-9-15(2)24(23-14)13-17-6-3-5-16(10-17)12-22-20(25)18-7-4-8-19(21)11-18/h3-11H,12-13H2,1-2H3,(H,22,25). The number of aromatic nitrogens is 2. The van der Waals surface area contributed by atoms with Gasteiger partial charge in [0.25, 0.3) is 5.91 Å². The van der Waals surface area contributed by atoms with Gasteiger partial charge in [-0.2, -0.15) is 5.10 Å². The van der Waals surface area contributed by atoms with Crippen molar-refractivity contribution in [3.05, 3.63) is 87.1 Å². The summed E-state index contributed by atoms with van der Waals surface area (Å²) in [5, 5.41) is 7.47. The van der Waals surface area contributed by atoms with Gasteiger partial charge in [0.1, 0.15) is 0 Å². The van der Waals surface area contributed by atoms with Crippen molar-refractivity contribution in [3.8, 4) is 0 Å². The quantitative estimate of drug-likeness (QED) is 0.699. The third-order valence-electron chi connectivity index (χ3n) is 3.97. The predicted octanol–water partition coefficient (Wildman–Crippen LogP) is 4.24.